The van der Waals surface area contributed by atoms with Crippen molar-refractivity contribution in [2.75, 3.05) is 33.1 Å². The molecule has 3 heterocycles. The molecule has 2 aliphatic heterocycles. The number of carbonyl (C=O) groups excluding carboxylic acids is 1. The van der Waals surface area contributed by atoms with Gasteiger partial charge >= 0.3 is 6.36 Å². The highest BCUT2D eigenvalue weighted by molar-refractivity contribution is 7.09. The number of piperidine rings is 1. The average Bonchev–Trinajstić information content (AvgIpc) is 3.40. The van der Waals surface area contributed by atoms with Gasteiger partial charge in [-0.25, -0.2) is 4.98 Å². The Bertz CT molecular complexity index is 930. The Balaban J connectivity index is 1.38. The Morgan fingerprint density at radius 2 is 2.23 bits per heavy atom. The SMILES string of the molecule is O=C(c1ccc(OCCOC(F)(F)F)c(Cl)c1)N1CC[C@@]2(c3nccs3)OCO[C@H]2C1. The Labute approximate surface area is 184 Å². The first kappa shape index (κ1) is 22.3. The summed E-state index contributed by atoms with van der Waals surface area (Å²) in [7, 11) is 0. The monoisotopic (exact) mass is 478 g/mol. The topological polar surface area (TPSA) is 70.1 Å². The number of alkyl halides is 3. The molecule has 7 nitrogen and oxygen atoms in total. The van der Waals surface area contributed by atoms with Crippen molar-refractivity contribution in [2.45, 2.75) is 24.5 Å². The highest BCUT2D eigenvalue weighted by Crippen LogP contribution is 2.43. The molecule has 12 heteroatoms. The molecule has 0 N–H and O–H groups in total. The largest absolute Gasteiger partial charge is 0.522 e. The summed E-state index contributed by atoms with van der Waals surface area (Å²) >= 11 is 7.64. The lowest BCUT2D eigenvalue weighted by molar-refractivity contribution is -0.325. The number of likely N-dealkylation sites (tertiary alicyclic amines) is 1. The van der Waals surface area contributed by atoms with E-state index in [1.54, 1.807) is 11.1 Å². The molecule has 2 aromatic rings. The van der Waals surface area contributed by atoms with E-state index in [1.165, 1.54) is 29.5 Å². The zero-order valence-corrected chi connectivity index (χ0v) is 17.6. The van der Waals surface area contributed by atoms with Crippen LogP contribution < -0.4 is 4.74 Å². The molecule has 1 aromatic heterocycles. The van der Waals surface area contributed by atoms with Crippen LogP contribution >= 0.6 is 22.9 Å². The maximum Gasteiger partial charge on any atom is 0.522 e. The van der Waals surface area contributed by atoms with Gasteiger partial charge in [-0.1, -0.05) is 11.6 Å². The normalized spacial score (nSPS) is 23.6. The number of benzene rings is 1. The lowest BCUT2D eigenvalue weighted by atomic mass is 9.89. The minimum absolute atomic E-state index is 0.118. The molecule has 168 valence electrons. The van der Waals surface area contributed by atoms with Gasteiger partial charge in [0.15, 0.2) is 5.60 Å². The maximum atomic E-state index is 13.0. The molecule has 0 saturated carbocycles. The summed E-state index contributed by atoms with van der Waals surface area (Å²) in [6.45, 7) is -0.0801. The van der Waals surface area contributed by atoms with Crippen LogP contribution in [0.4, 0.5) is 13.2 Å². The summed E-state index contributed by atoms with van der Waals surface area (Å²) in [5.41, 5.74) is -0.303. The van der Waals surface area contributed by atoms with Crippen molar-refractivity contribution in [3.63, 3.8) is 0 Å². The molecule has 0 aliphatic carbocycles. The third-order valence-electron chi connectivity index (χ3n) is 5.11. The third-order valence-corrected chi connectivity index (χ3v) is 6.34. The van der Waals surface area contributed by atoms with Crippen LogP contribution in [0.25, 0.3) is 0 Å². The predicted octanol–water partition coefficient (Wildman–Crippen LogP) is 3.83. The Hall–Kier alpha value is -1.92. The van der Waals surface area contributed by atoms with Crippen molar-refractivity contribution in [3.05, 3.63) is 45.4 Å². The third kappa shape index (κ3) is 4.80. The summed E-state index contributed by atoms with van der Waals surface area (Å²) in [5.74, 6) is -0.0740. The number of halogens is 4. The molecule has 2 atom stereocenters. The molecule has 1 amide bonds. The molecule has 0 bridgehead atoms. The van der Waals surface area contributed by atoms with Gasteiger partial charge in [0.25, 0.3) is 5.91 Å². The van der Waals surface area contributed by atoms with Crippen LogP contribution in [0.5, 0.6) is 5.75 Å². The van der Waals surface area contributed by atoms with Gasteiger partial charge in [-0.2, -0.15) is 0 Å². The minimum atomic E-state index is -4.72. The zero-order valence-electron chi connectivity index (χ0n) is 16.1. The summed E-state index contributed by atoms with van der Waals surface area (Å²) < 4.78 is 56.5. The van der Waals surface area contributed by atoms with Crippen molar-refractivity contribution in [1.82, 2.24) is 9.88 Å². The van der Waals surface area contributed by atoms with Crippen molar-refractivity contribution >= 4 is 28.8 Å². The minimum Gasteiger partial charge on any atom is -0.490 e. The van der Waals surface area contributed by atoms with Crippen LogP contribution in [0, 0.1) is 0 Å². The van der Waals surface area contributed by atoms with Gasteiger partial charge in [0.2, 0.25) is 0 Å². The van der Waals surface area contributed by atoms with Gasteiger partial charge in [0.1, 0.15) is 30.3 Å². The second kappa shape index (κ2) is 8.91. The first-order valence-electron chi connectivity index (χ1n) is 9.36. The van der Waals surface area contributed by atoms with Crippen molar-refractivity contribution in [1.29, 1.82) is 0 Å². The number of fused-ring (bicyclic) bond motifs is 1. The lowest BCUT2D eigenvalue weighted by Gasteiger charge is -2.40. The molecule has 2 fully saturated rings. The fourth-order valence-electron chi connectivity index (χ4n) is 3.64. The fraction of sp³-hybridized carbons (Fsp3) is 0.474. The van der Waals surface area contributed by atoms with E-state index in [1.807, 2.05) is 5.38 Å². The van der Waals surface area contributed by atoms with Crippen molar-refractivity contribution in [3.8, 4) is 5.75 Å². The molecular formula is C19H18ClF3N2O5S. The van der Waals surface area contributed by atoms with Crippen LogP contribution in [-0.4, -0.2) is 61.4 Å². The number of nitrogens with zero attached hydrogens (tertiary/aromatic N) is 2. The van der Waals surface area contributed by atoms with Crippen LogP contribution in [0.1, 0.15) is 21.8 Å². The second-order valence-electron chi connectivity index (χ2n) is 6.93. The van der Waals surface area contributed by atoms with E-state index in [-0.39, 0.29) is 36.2 Å². The molecule has 2 aliphatic rings. The van der Waals surface area contributed by atoms with E-state index in [2.05, 4.69) is 9.72 Å². The smallest absolute Gasteiger partial charge is 0.490 e. The molecule has 4 rings (SSSR count). The van der Waals surface area contributed by atoms with Crippen molar-refractivity contribution < 1.29 is 36.9 Å². The van der Waals surface area contributed by atoms with Crippen LogP contribution in [-0.2, 0) is 19.8 Å². The zero-order chi connectivity index (χ0) is 22.1. The lowest BCUT2D eigenvalue weighted by Crippen LogP contribution is -2.53. The number of hydrogen-bond acceptors (Lipinski definition) is 7. The van der Waals surface area contributed by atoms with Crippen LogP contribution in [0.3, 0.4) is 0 Å². The number of ether oxygens (including phenoxy) is 4. The number of amides is 1. The molecule has 0 unspecified atom stereocenters. The summed E-state index contributed by atoms with van der Waals surface area (Å²) in [6, 6.07) is 4.39. The quantitative estimate of drug-likeness (QED) is 0.588. The summed E-state index contributed by atoms with van der Waals surface area (Å²) in [4.78, 5) is 19.0. The molecule has 0 radical (unpaired) electrons. The molecule has 31 heavy (non-hydrogen) atoms. The fourth-order valence-corrected chi connectivity index (χ4v) is 4.74. The number of aromatic nitrogens is 1. The van der Waals surface area contributed by atoms with Crippen LogP contribution in [0.15, 0.2) is 29.8 Å². The van der Waals surface area contributed by atoms with E-state index in [0.717, 1.165) is 5.01 Å². The van der Waals surface area contributed by atoms with E-state index in [4.69, 9.17) is 25.8 Å². The number of carbonyl (C=O) groups is 1. The molecule has 2 saturated heterocycles. The maximum absolute atomic E-state index is 13.0. The molecule has 0 spiro atoms. The Kier molecular flexibility index (Phi) is 6.40. The first-order valence-corrected chi connectivity index (χ1v) is 10.6. The molecule has 1 aromatic carbocycles. The van der Waals surface area contributed by atoms with Gasteiger partial charge in [-0.05, 0) is 18.2 Å². The van der Waals surface area contributed by atoms with Gasteiger partial charge < -0.3 is 19.1 Å². The van der Waals surface area contributed by atoms with Gasteiger partial charge in [0, 0.05) is 30.1 Å². The van der Waals surface area contributed by atoms with E-state index < -0.39 is 18.6 Å². The van der Waals surface area contributed by atoms with E-state index in [0.29, 0.717) is 25.1 Å². The van der Waals surface area contributed by atoms with Gasteiger partial charge in [-0.3, -0.25) is 9.53 Å². The number of hydrogen-bond donors (Lipinski definition) is 0. The predicted molar refractivity (Wildman–Crippen MR) is 104 cm³/mol. The summed E-state index contributed by atoms with van der Waals surface area (Å²) in [5, 5.41) is 2.83. The Morgan fingerprint density at radius 1 is 1.39 bits per heavy atom. The molecular weight excluding hydrogens is 461 g/mol. The number of rotatable bonds is 6. The van der Waals surface area contributed by atoms with Gasteiger partial charge in [0.05, 0.1) is 18.2 Å². The van der Waals surface area contributed by atoms with E-state index in [9.17, 15) is 18.0 Å². The average molecular weight is 479 g/mol. The van der Waals surface area contributed by atoms with Crippen LogP contribution in [0.2, 0.25) is 5.02 Å². The highest BCUT2D eigenvalue weighted by Gasteiger charge is 2.52. The Morgan fingerprint density at radius 3 is 2.94 bits per heavy atom. The number of thiazole rings is 1. The highest BCUT2D eigenvalue weighted by atomic mass is 35.5. The summed E-state index contributed by atoms with van der Waals surface area (Å²) in [6.07, 6.45) is -2.79. The first-order chi connectivity index (χ1) is 14.8. The van der Waals surface area contributed by atoms with E-state index >= 15 is 0 Å². The van der Waals surface area contributed by atoms with Gasteiger partial charge in [-0.15, -0.1) is 24.5 Å². The second-order valence-corrected chi connectivity index (χ2v) is 8.24. The standard InChI is InChI=1S/C19H18ClF3N2O5S/c20-13-9-12(1-2-14(13)27-6-7-29-19(21,22)23)16(26)25-5-3-18(17-24-4-8-31-17)15(10-25)28-11-30-18/h1-2,4,8-9,15H,3,5-7,10-11H2/t15-,18+/m0/s1. The van der Waals surface area contributed by atoms with Crippen molar-refractivity contribution in [2.24, 2.45) is 0 Å².